The minimum absolute atomic E-state index is 1.05. The standard InChI is InChI=1S/C5H7ClN/c6-5-3-7(4-5)1-2-7/h3H,1-2,4H2/q+1. The van der Waals surface area contributed by atoms with Crippen LogP contribution in [0, 0.1) is 0 Å². The van der Waals surface area contributed by atoms with Gasteiger partial charge in [-0.1, -0.05) is 11.6 Å². The lowest BCUT2D eigenvalue weighted by Gasteiger charge is -2.20. The molecule has 0 aromatic heterocycles. The minimum atomic E-state index is 1.05. The van der Waals surface area contributed by atoms with Crippen molar-refractivity contribution in [2.24, 2.45) is 0 Å². The van der Waals surface area contributed by atoms with E-state index >= 15 is 0 Å². The number of hydrogen-bond donors (Lipinski definition) is 0. The Labute approximate surface area is 47.8 Å². The molecule has 1 nitrogen and oxygen atoms in total. The van der Waals surface area contributed by atoms with Crippen LogP contribution in [0.1, 0.15) is 0 Å². The molecule has 0 aromatic carbocycles. The van der Waals surface area contributed by atoms with Crippen LogP contribution in [-0.4, -0.2) is 24.1 Å². The van der Waals surface area contributed by atoms with Gasteiger partial charge < -0.3 is 0 Å². The fraction of sp³-hybridized carbons (Fsp3) is 0.600. The Morgan fingerprint density at radius 2 is 2.14 bits per heavy atom. The van der Waals surface area contributed by atoms with E-state index in [2.05, 4.69) is 6.20 Å². The molecule has 0 bridgehead atoms. The quantitative estimate of drug-likeness (QED) is 0.326. The zero-order chi connectivity index (χ0) is 4.91. The molecular weight excluding hydrogens is 110 g/mol. The van der Waals surface area contributed by atoms with E-state index in [1.54, 1.807) is 0 Å². The fourth-order valence-electron chi connectivity index (χ4n) is 0.988. The average molecular weight is 117 g/mol. The summed E-state index contributed by atoms with van der Waals surface area (Å²) in [6.45, 7) is 3.77. The lowest BCUT2D eigenvalue weighted by atomic mass is 10.4. The third-order valence-corrected chi connectivity index (χ3v) is 1.90. The molecule has 0 amide bonds. The number of quaternary nitrogens is 1. The third-order valence-electron chi connectivity index (χ3n) is 1.68. The first-order valence-corrected chi connectivity index (χ1v) is 2.92. The van der Waals surface area contributed by atoms with Crippen LogP contribution in [0.5, 0.6) is 0 Å². The predicted molar refractivity (Wildman–Crippen MR) is 28.8 cm³/mol. The van der Waals surface area contributed by atoms with E-state index in [4.69, 9.17) is 11.6 Å². The van der Waals surface area contributed by atoms with Gasteiger partial charge in [-0.05, 0) is 0 Å². The monoisotopic (exact) mass is 116 g/mol. The van der Waals surface area contributed by atoms with E-state index in [0.29, 0.717) is 0 Å². The van der Waals surface area contributed by atoms with Gasteiger partial charge in [-0.2, -0.15) is 0 Å². The SMILES string of the molecule is ClC1=C[N+]2(CC2)C1. The number of hydrogen-bond acceptors (Lipinski definition) is 0. The van der Waals surface area contributed by atoms with E-state index < -0.39 is 0 Å². The van der Waals surface area contributed by atoms with Crippen molar-refractivity contribution in [1.29, 1.82) is 0 Å². The maximum absolute atomic E-state index is 5.62. The lowest BCUT2D eigenvalue weighted by Crippen LogP contribution is -2.29. The molecule has 0 aliphatic carbocycles. The molecule has 1 fully saturated rings. The van der Waals surface area contributed by atoms with Gasteiger partial charge >= 0.3 is 0 Å². The average Bonchev–Trinajstić information content (AvgIpc) is 2.14. The van der Waals surface area contributed by atoms with Crippen molar-refractivity contribution < 1.29 is 4.48 Å². The van der Waals surface area contributed by atoms with Crippen LogP contribution in [-0.2, 0) is 0 Å². The van der Waals surface area contributed by atoms with Crippen LogP contribution in [0.25, 0.3) is 0 Å². The van der Waals surface area contributed by atoms with Gasteiger partial charge in [0, 0.05) is 0 Å². The molecule has 2 heterocycles. The highest BCUT2D eigenvalue weighted by molar-refractivity contribution is 6.30. The van der Waals surface area contributed by atoms with Crippen molar-refractivity contribution in [3.8, 4) is 0 Å². The summed E-state index contributed by atoms with van der Waals surface area (Å²) < 4.78 is 1.19. The van der Waals surface area contributed by atoms with Crippen LogP contribution in [0.4, 0.5) is 0 Å². The zero-order valence-electron chi connectivity index (χ0n) is 4.02. The maximum atomic E-state index is 5.62. The first kappa shape index (κ1) is 3.93. The van der Waals surface area contributed by atoms with E-state index in [1.807, 2.05) is 0 Å². The number of rotatable bonds is 0. The van der Waals surface area contributed by atoms with Gasteiger partial charge in [0.1, 0.15) is 30.9 Å². The van der Waals surface area contributed by atoms with Crippen molar-refractivity contribution in [1.82, 2.24) is 0 Å². The second kappa shape index (κ2) is 0.884. The molecule has 2 aliphatic rings. The topological polar surface area (TPSA) is 0 Å². The second-order valence-corrected chi connectivity index (χ2v) is 2.89. The smallest absolute Gasteiger partial charge is 0.134 e. The third kappa shape index (κ3) is 0.424. The van der Waals surface area contributed by atoms with Crippen LogP contribution < -0.4 is 0 Å². The van der Waals surface area contributed by atoms with E-state index in [1.165, 1.54) is 17.6 Å². The van der Waals surface area contributed by atoms with Crippen molar-refractivity contribution >= 4 is 11.6 Å². The molecule has 0 saturated carbocycles. The van der Waals surface area contributed by atoms with Crippen LogP contribution >= 0.6 is 11.6 Å². The highest BCUT2D eigenvalue weighted by Crippen LogP contribution is 2.34. The van der Waals surface area contributed by atoms with Crippen LogP contribution in [0.2, 0.25) is 0 Å². The molecular formula is C5H7ClN+. The Morgan fingerprint density at radius 3 is 2.29 bits per heavy atom. The van der Waals surface area contributed by atoms with Crippen LogP contribution in [0.15, 0.2) is 11.2 Å². The molecule has 2 aliphatic heterocycles. The van der Waals surface area contributed by atoms with Crippen molar-refractivity contribution in [3.63, 3.8) is 0 Å². The highest BCUT2D eigenvalue weighted by atomic mass is 35.5. The molecule has 0 N–H and O–H groups in total. The summed E-state index contributed by atoms with van der Waals surface area (Å²) in [4.78, 5) is 0. The summed E-state index contributed by atoms with van der Waals surface area (Å²) in [6, 6.07) is 0. The summed E-state index contributed by atoms with van der Waals surface area (Å²) in [5.41, 5.74) is 0. The van der Waals surface area contributed by atoms with Crippen molar-refractivity contribution in [2.75, 3.05) is 19.6 Å². The molecule has 1 saturated heterocycles. The zero-order valence-corrected chi connectivity index (χ0v) is 4.78. The Hall–Kier alpha value is -0.0100. The summed E-state index contributed by atoms with van der Waals surface area (Å²) in [6.07, 6.45) is 2.14. The molecule has 38 valence electrons. The maximum Gasteiger partial charge on any atom is 0.134 e. The predicted octanol–water partition coefficient (Wildman–Crippen LogP) is 0.911. The lowest BCUT2D eigenvalue weighted by molar-refractivity contribution is -0.756. The van der Waals surface area contributed by atoms with Gasteiger partial charge in [0.15, 0.2) is 0 Å². The Balaban J connectivity index is 2.23. The van der Waals surface area contributed by atoms with Crippen LogP contribution in [0.3, 0.4) is 0 Å². The van der Waals surface area contributed by atoms with Gasteiger partial charge in [-0.3, -0.25) is 4.48 Å². The Bertz CT molecular complexity index is 135. The molecule has 1 spiro atoms. The van der Waals surface area contributed by atoms with E-state index in [0.717, 1.165) is 11.6 Å². The fourth-order valence-corrected chi connectivity index (χ4v) is 1.43. The molecule has 7 heavy (non-hydrogen) atoms. The van der Waals surface area contributed by atoms with Gasteiger partial charge in [-0.25, -0.2) is 0 Å². The molecule has 0 aromatic rings. The first-order chi connectivity index (χ1) is 3.31. The Morgan fingerprint density at radius 1 is 1.57 bits per heavy atom. The van der Waals surface area contributed by atoms with Gasteiger partial charge in [0.05, 0.1) is 0 Å². The first-order valence-electron chi connectivity index (χ1n) is 2.54. The van der Waals surface area contributed by atoms with Gasteiger partial charge in [0.2, 0.25) is 0 Å². The molecule has 0 radical (unpaired) electrons. The summed E-state index contributed by atoms with van der Waals surface area (Å²) in [5, 5.41) is 1.05. The van der Waals surface area contributed by atoms with E-state index in [-0.39, 0.29) is 0 Å². The summed E-state index contributed by atoms with van der Waals surface area (Å²) in [5.74, 6) is 0. The number of nitrogens with zero attached hydrogens (tertiary/aromatic N) is 1. The second-order valence-electron chi connectivity index (χ2n) is 2.40. The largest absolute Gasteiger partial charge is 0.282 e. The van der Waals surface area contributed by atoms with Gasteiger partial charge in [-0.15, -0.1) is 0 Å². The Kier molecular flexibility index (Phi) is 0.496. The normalized spacial score (nSPS) is 31.9. The molecule has 0 unspecified atom stereocenters. The van der Waals surface area contributed by atoms with Gasteiger partial charge in [0.25, 0.3) is 0 Å². The molecule has 2 rings (SSSR count). The number of halogens is 1. The molecule has 0 atom stereocenters. The highest BCUT2D eigenvalue weighted by Gasteiger charge is 2.47. The van der Waals surface area contributed by atoms with Crippen molar-refractivity contribution in [2.45, 2.75) is 0 Å². The summed E-state index contributed by atoms with van der Waals surface area (Å²) in [7, 11) is 0. The molecule has 2 heteroatoms. The van der Waals surface area contributed by atoms with Crippen molar-refractivity contribution in [3.05, 3.63) is 11.2 Å². The minimum Gasteiger partial charge on any atom is -0.282 e. The van der Waals surface area contributed by atoms with E-state index in [9.17, 15) is 0 Å². The summed E-state index contributed by atoms with van der Waals surface area (Å²) >= 11 is 5.62.